The maximum atomic E-state index is 11.3. The van der Waals surface area contributed by atoms with Crippen molar-refractivity contribution in [3.05, 3.63) is 29.3 Å². The zero-order chi connectivity index (χ0) is 12.7. The summed E-state index contributed by atoms with van der Waals surface area (Å²) in [5, 5.41) is 2.70. The lowest BCUT2D eigenvalue weighted by Gasteiger charge is -2.09. The first kappa shape index (κ1) is 13.2. The molecule has 1 amide bonds. The molecule has 0 fully saturated rings. The molecule has 92 valence electrons. The van der Waals surface area contributed by atoms with Gasteiger partial charge in [0.2, 0.25) is 0 Å². The molecule has 4 nitrogen and oxygen atoms in total. The molecule has 0 aliphatic rings. The molecule has 0 aromatic heterocycles. The van der Waals surface area contributed by atoms with Crippen LogP contribution in [0, 0.1) is 6.92 Å². The molecule has 1 aromatic carbocycles. The number of hydrogen-bond donors (Lipinski definition) is 1. The second kappa shape index (κ2) is 6.68. The van der Waals surface area contributed by atoms with Crippen LogP contribution in [0.25, 0.3) is 0 Å². The molecule has 0 spiro atoms. The van der Waals surface area contributed by atoms with Crippen molar-refractivity contribution in [1.82, 2.24) is 5.32 Å². The molecule has 0 saturated heterocycles. The van der Waals surface area contributed by atoms with Crippen LogP contribution in [0.4, 0.5) is 0 Å². The molecule has 0 heterocycles. The van der Waals surface area contributed by atoms with Gasteiger partial charge in [0.15, 0.2) is 12.9 Å². The van der Waals surface area contributed by atoms with Crippen LogP contribution in [-0.4, -0.2) is 25.3 Å². The summed E-state index contributed by atoms with van der Waals surface area (Å²) < 4.78 is 5.30. The van der Waals surface area contributed by atoms with Gasteiger partial charge in [-0.2, -0.15) is 0 Å². The lowest BCUT2D eigenvalue weighted by Crippen LogP contribution is -2.29. The van der Waals surface area contributed by atoms with Gasteiger partial charge < -0.3 is 10.1 Å². The van der Waals surface area contributed by atoms with Gasteiger partial charge in [0.1, 0.15) is 5.75 Å². The van der Waals surface area contributed by atoms with E-state index >= 15 is 0 Å². The van der Waals surface area contributed by atoms with E-state index < -0.39 is 0 Å². The van der Waals surface area contributed by atoms with E-state index in [9.17, 15) is 9.59 Å². The largest absolute Gasteiger partial charge is 0.483 e. The maximum Gasteiger partial charge on any atom is 0.257 e. The molecular formula is C13H17NO3. The smallest absolute Gasteiger partial charge is 0.257 e. The third-order valence-corrected chi connectivity index (χ3v) is 2.22. The number of benzene rings is 1. The van der Waals surface area contributed by atoms with Crippen molar-refractivity contribution in [1.29, 1.82) is 0 Å². The third-order valence-electron chi connectivity index (χ3n) is 2.22. The number of ether oxygens (including phenoxy) is 1. The van der Waals surface area contributed by atoms with Crippen LogP contribution in [0.15, 0.2) is 18.2 Å². The molecule has 0 radical (unpaired) electrons. The standard InChI is InChI=1S/C13H17NO3/c1-3-6-14-13(16)9-17-12-5-4-10(2)7-11(12)8-15/h4-5,7-8H,3,6,9H2,1-2H3,(H,14,16). The fourth-order valence-electron chi connectivity index (χ4n) is 1.35. The van der Waals surface area contributed by atoms with Crippen molar-refractivity contribution in [2.75, 3.05) is 13.2 Å². The first-order valence-corrected chi connectivity index (χ1v) is 5.62. The summed E-state index contributed by atoms with van der Waals surface area (Å²) in [7, 11) is 0. The number of rotatable bonds is 6. The Bertz CT molecular complexity index is 402. The fourth-order valence-corrected chi connectivity index (χ4v) is 1.35. The molecular weight excluding hydrogens is 218 g/mol. The number of hydrogen-bond acceptors (Lipinski definition) is 3. The monoisotopic (exact) mass is 235 g/mol. The average Bonchev–Trinajstić information content (AvgIpc) is 2.34. The summed E-state index contributed by atoms with van der Waals surface area (Å²) >= 11 is 0. The minimum Gasteiger partial charge on any atom is -0.483 e. The van der Waals surface area contributed by atoms with Gasteiger partial charge in [-0.3, -0.25) is 9.59 Å². The van der Waals surface area contributed by atoms with Crippen molar-refractivity contribution < 1.29 is 14.3 Å². The molecule has 1 aromatic rings. The van der Waals surface area contributed by atoms with Gasteiger partial charge in [-0.15, -0.1) is 0 Å². The number of carbonyl (C=O) groups excluding carboxylic acids is 2. The van der Waals surface area contributed by atoms with Gasteiger partial charge in [0.05, 0.1) is 5.56 Å². The Kier molecular flexibility index (Phi) is 5.20. The lowest BCUT2D eigenvalue weighted by atomic mass is 10.1. The second-order valence-corrected chi connectivity index (χ2v) is 3.80. The molecule has 0 atom stereocenters. The average molecular weight is 235 g/mol. The van der Waals surface area contributed by atoms with E-state index in [4.69, 9.17) is 4.74 Å². The quantitative estimate of drug-likeness (QED) is 0.764. The van der Waals surface area contributed by atoms with Gasteiger partial charge in [-0.05, 0) is 25.5 Å². The number of aldehydes is 1. The maximum absolute atomic E-state index is 11.3. The minimum absolute atomic E-state index is 0.0656. The van der Waals surface area contributed by atoms with Gasteiger partial charge in [0.25, 0.3) is 5.91 Å². The highest BCUT2D eigenvalue weighted by Crippen LogP contribution is 2.17. The zero-order valence-electron chi connectivity index (χ0n) is 10.2. The molecule has 0 bridgehead atoms. The van der Waals surface area contributed by atoms with Crippen LogP contribution >= 0.6 is 0 Å². The van der Waals surface area contributed by atoms with E-state index in [1.807, 2.05) is 19.9 Å². The SMILES string of the molecule is CCCNC(=O)COc1ccc(C)cc1C=O. The van der Waals surface area contributed by atoms with Crippen molar-refractivity contribution in [2.45, 2.75) is 20.3 Å². The van der Waals surface area contributed by atoms with Crippen LogP contribution in [0.3, 0.4) is 0 Å². The Balaban J connectivity index is 2.57. The first-order chi connectivity index (χ1) is 8.17. The predicted molar refractivity (Wildman–Crippen MR) is 65.4 cm³/mol. The van der Waals surface area contributed by atoms with E-state index in [-0.39, 0.29) is 12.5 Å². The molecule has 0 saturated carbocycles. The Morgan fingerprint density at radius 2 is 2.24 bits per heavy atom. The van der Waals surface area contributed by atoms with E-state index in [0.29, 0.717) is 17.9 Å². The van der Waals surface area contributed by atoms with E-state index in [2.05, 4.69) is 5.32 Å². The van der Waals surface area contributed by atoms with E-state index in [1.165, 1.54) is 0 Å². The Labute approximate surface area is 101 Å². The fraction of sp³-hybridized carbons (Fsp3) is 0.385. The van der Waals surface area contributed by atoms with Crippen molar-refractivity contribution in [3.8, 4) is 5.75 Å². The first-order valence-electron chi connectivity index (χ1n) is 5.62. The van der Waals surface area contributed by atoms with Gasteiger partial charge >= 0.3 is 0 Å². The molecule has 1 N–H and O–H groups in total. The number of amides is 1. The summed E-state index contributed by atoms with van der Waals surface area (Å²) in [4.78, 5) is 22.1. The number of nitrogens with one attached hydrogen (secondary N) is 1. The lowest BCUT2D eigenvalue weighted by molar-refractivity contribution is -0.123. The Morgan fingerprint density at radius 3 is 2.88 bits per heavy atom. The molecule has 0 unspecified atom stereocenters. The highest BCUT2D eigenvalue weighted by molar-refractivity contribution is 5.81. The summed E-state index contributed by atoms with van der Waals surface area (Å²) in [6, 6.07) is 5.27. The Hall–Kier alpha value is -1.84. The summed E-state index contributed by atoms with van der Waals surface area (Å²) in [5.74, 6) is 0.265. The molecule has 4 heteroatoms. The van der Waals surface area contributed by atoms with Crippen LogP contribution in [-0.2, 0) is 4.79 Å². The predicted octanol–water partition coefficient (Wildman–Crippen LogP) is 1.71. The summed E-state index contributed by atoms with van der Waals surface area (Å²) in [6.45, 7) is 4.44. The van der Waals surface area contributed by atoms with Crippen molar-refractivity contribution in [2.24, 2.45) is 0 Å². The zero-order valence-corrected chi connectivity index (χ0v) is 10.2. The Morgan fingerprint density at radius 1 is 1.47 bits per heavy atom. The van der Waals surface area contributed by atoms with Crippen LogP contribution in [0.2, 0.25) is 0 Å². The normalized spacial score (nSPS) is 9.76. The highest BCUT2D eigenvalue weighted by Gasteiger charge is 2.06. The molecule has 0 aliphatic carbocycles. The van der Waals surface area contributed by atoms with Gasteiger partial charge in [0, 0.05) is 6.54 Å². The number of carbonyl (C=O) groups is 2. The highest BCUT2D eigenvalue weighted by atomic mass is 16.5. The summed E-state index contributed by atoms with van der Waals surface area (Å²) in [5.41, 5.74) is 1.45. The van der Waals surface area contributed by atoms with E-state index in [0.717, 1.165) is 18.3 Å². The minimum atomic E-state index is -0.177. The van der Waals surface area contributed by atoms with E-state index in [1.54, 1.807) is 12.1 Å². The molecule has 0 aliphatic heterocycles. The van der Waals surface area contributed by atoms with Crippen LogP contribution < -0.4 is 10.1 Å². The van der Waals surface area contributed by atoms with Crippen molar-refractivity contribution >= 4 is 12.2 Å². The second-order valence-electron chi connectivity index (χ2n) is 3.80. The molecule has 1 rings (SSSR count). The molecule has 17 heavy (non-hydrogen) atoms. The van der Waals surface area contributed by atoms with Crippen molar-refractivity contribution in [3.63, 3.8) is 0 Å². The van der Waals surface area contributed by atoms with Gasteiger partial charge in [-0.25, -0.2) is 0 Å². The third kappa shape index (κ3) is 4.26. The topological polar surface area (TPSA) is 55.4 Å². The van der Waals surface area contributed by atoms with Crippen LogP contribution in [0.5, 0.6) is 5.75 Å². The van der Waals surface area contributed by atoms with Crippen LogP contribution in [0.1, 0.15) is 29.3 Å². The summed E-state index contributed by atoms with van der Waals surface area (Å²) in [6.07, 6.45) is 1.61. The van der Waals surface area contributed by atoms with Gasteiger partial charge in [-0.1, -0.05) is 18.6 Å². The number of aryl methyl sites for hydroxylation is 1.